The molecule has 4 rings (SSSR count). The minimum absolute atomic E-state index is 0.282. The van der Waals surface area contributed by atoms with E-state index in [1.807, 2.05) is 35.7 Å². The summed E-state index contributed by atoms with van der Waals surface area (Å²) in [6.07, 6.45) is 0.498. The lowest BCUT2D eigenvalue weighted by Gasteiger charge is -2.07. The Bertz CT molecular complexity index is 847. The second-order valence-corrected chi connectivity index (χ2v) is 8.48. The van der Waals surface area contributed by atoms with E-state index < -0.39 is 0 Å². The molecule has 26 heavy (non-hydrogen) atoms. The van der Waals surface area contributed by atoms with Crippen molar-refractivity contribution in [2.75, 3.05) is 18.1 Å². The number of ether oxygens (including phenoxy) is 1. The van der Waals surface area contributed by atoms with Crippen molar-refractivity contribution in [2.24, 2.45) is 0 Å². The lowest BCUT2D eigenvalue weighted by Crippen LogP contribution is -2.01. The summed E-state index contributed by atoms with van der Waals surface area (Å²) in [6, 6.07) is 14.3. The van der Waals surface area contributed by atoms with Crippen molar-refractivity contribution in [3.05, 3.63) is 65.8 Å². The van der Waals surface area contributed by atoms with Crippen molar-refractivity contribution in [3.8, 4) is 17.1 Å². The first kappa shape index (κ1) is 17.4. The fourth-order valence-electron chi connectivity index (χ4n) is 2.60. The van der Waals surface area contributed by atoms with E-state index in [0.29, 0.717) is 35.1 Å². The molecule has 1 aliphatic heterocycles. The quantitative estimate of drug-likeness (QED) is 0.594. The summed E-state index contributed by atoms with van der Waals surface area (Å²) in [5.74, 6) is 3.86. The van der Waals surface area contributed by atoms with Gasteiger partial charge in [-0.3, -0.25) is 0 Å². The number of hydrogen-bond donors (Lipinski definition) is 0. The first-order valence-electron chi connectivity index (χ1n) is 8.32. The first-order chi connectivity index (χ1) is 12.8. The molecule has 0 radical (unpaired) electrons. The fourth-order valence-corrected chi connectivity index (χ4v) is 5.46. The average molecular weight is 388 g/mol. The van der Waals surface area contributed by atoms with Crippen molar-refractivity contribution in [2.45, 2.75) is 11.0 Å². The van der Waals surface area contributed by atoms with E-state index in [2.05, 4.69) is 22.3 Å². The van der Waals surface area contributed by atoms with Gasteiger partial charge in [-0.2, -0.15) is 4.98 Å². The second-order valence-electron chi connectivity index (χ2n) is 5.76. The average Bonchev–Trinajstić information content (AvgIpc) is 3.36. The Morgan fingerprint density at radius 1 is 1.04 bits per heavy atom. The van der Waals surface area contributed by atoms with Crippen LogP contribution < -0.4 is 4.74 Å². The monoisotopic (exact) mass is 388 g/mol. The lowest BCUT2D eigenvalue weighted by molar-refractivity contribution is 0.292. The van der Waals surface area contributed by atoms with Gasteiger partial charge in [0.1, 0.15) is 11.6 Å². The maximum Gasteiger partial charge on any atom is 0.230 e. The maximum atomic E-state index is 12.9. The molecular weight excluding hydrogens is 371 g/mol. The van der Waals surface area contributed by atoms with Gasteiger partial charge in [-0.05, 0) is 29.8 Å². The molecule has 2 aromatic carbocycles. The third-order valence-corrected chi connectivity index (χ3v) is 7.03. The molecule has 0 spiro atoms. The Balaban J connectivity index is 1.34. The fraction of sp³-hybridized carbons (Fsp3) is 0.263. The van der Waals surface area contributed by atoms with Crippen LogP contribution in [0.2, 0.25) is 0 Å². The number of thioether (sulfide) groups is 2. The first-order valence-corrected chi connectivity index (χ1v) is 10.4. The van der Waals surface area contributed by atoms with Crippen LogP contribution in [0, 0.1) is 5.82 Å². The summed E-state index contributed by atoms with van der Waals surface area (Å²) in [7, 11) is 0. The smallest absolute Gasteiger partial charge is 0.230 e. The normalized spacial score (nSPS) is 14.7. The standard InChI is InChI=1S/C19H17FN2O2S2/c20-15-5-7-16(8-6-15)23-10-9-17-21-18(22-24-17)13-1-3-14(4-2-13)19-25-11-12-26-19/h1-8,19H,9-12H2. The van der Waals surface area contributed by atoms with Crippen molar-refractivity contribution < 1.29 is 13.7 Å². The maximum absolute atomic E-state index is 12.9. The Morgan fingerprint density at radius 3 is 2.50 bits per heavy atom. The predicted octanol–water partition coefficient (Wildman–Crippen LogP) is 4.98. The van der Waals surface area contributed by atoms with E-state index in [9.17, 15) is 4.39 Å². The summed E-state index contributed by atoms with van der Waals surface area (Å²) in [5.41, 5.74) is 2.27. The van der Waals surface area contributed by atoms with Crippen LogP contribution in [-0.4, -0.2) is 28.3 Å². The van der Waals surface area contributed by atoms with Crippen LogP contribution in [0.4, 0.5) is 4.39 Å². The number of nitrogens with zero attached hydrogens (tertiary/aromatic N) is 2. The number of benzene rings is 2. The molecule has 0 unspecified atom stereocenters. The zero-order valence-electron chi connectivity index (χ0n) is 13.9. The molecule has 1 saturated heterocycles. The molecule has 7 heteroatoms. The lowest BCUT2D eigenvalue weighted by atomic mass is 10.1. The molecule has 1 fully saturated rings. The van der Waals surface area contributed by atoms with Gasteiger partial charge in [0, 0.05) is 17.1 Å². The molecule has 0 amide bonds. The van der Waals surface area contributed by atoms with Crippen molar-refractivity contribution in [1.29, 1.82) is 0 Å². The van der Waals surface area contributed by atoms with Gasteiger partial charge in [-0.15, -0.1) is 23.5 Å². The topological polar surface area (TPSA) is 48.2 Å². The van der Waals surface area contributed by atoms with Gasteiger partial charge in [0.15, 0.2) is 0 Å². The molecule has 3 aromatic rings. The molecule has 0 bridgehead atoms. The summed E-state index contributed by atoms with van der Waals surface area (Å²) >= 11 is 3.98. The van der Waals surface area contributed by atoms with Crippen molar-refractivity contribution in [1.82, 2.24) is 10.1 Å². The molecule has 4 nitrogen and oxygen atoms in total. The molecule has 0 N–H and O–H groups in total. The summed E-state index contributed by atoms with van der Waals surface area (Å²) < 4.78 is 24.2. The van der Waals surface area contributed by atoms with E-state index >= 15 is 0 Å². The number of rotatable bonds is 6. The number of halogens is 1. The Hall–Kier alpha value is -1.99. The molecular formula is C19H17FN2O2S2. The van der Waals surface area contributed by atoms with Crippen LogP contribution in [0.3, 0.4) is 0 Å². The Labute approximate surface area is 159 Å². The van der Waals surface area contributed by atoms with E-state index in [0.717, 1.165) is 5.56 Å². The van der Waals surface area contributed by atoms with Gasteiger partial charge < -0.3 is 9.26 Å². The number of aromatic nitrogens is 2. The highest BCUT2D eigenvalue weighted by molar-refractivity contribution is 8.19. The summed E-state index contributed by atoms with van der Waals surface area (Å²) in [4.78, 5) is 4.42. The molecule has 134 valence electrons. The molecule has 0 aliphatic carbocycles. The molecule has 1 aliphatic rings. The molecule has 1 aromatic heterocycles. The zero-order chi connectivity index (χ0) is 17.8. The minimum Gasteiger partial charge on any atom is -0.493 e. The number of hydrogen-bond acceptors (Lipinski definition) is 6. The SMILES string of the molecule is Fc1ccc(OCCc2nc(-c3ccc(C4SCCS4)cc3)no2)cc1. The molecule has 0 saturated carbocycles. The van der Waals surface area contributed by atoms with E-state index in [-0.39, 0.29) is 5.82 Å². The largest absolute Gasteiger partial charge is 0.493 e. The van der Waals surface area contributed by atoms with E-state index in [4.69, 9.17) is 9.26 Å². The third kappa shape index (κ3) is 4.22. The van der Waals surface area contributed by atoms with Crippen LogP contribution in [0.25, 0.3) is 11.4 Å². The molecule has 0 atom stereocenters. The van der Waals surface area contributed by atoms with Crippen molar-refractivity contribution in [3.63, 3.8) is 0 Å². The Kier molecular flexibility index (Phi) is 5.45. The van der Waals surface area contributed by atoms with Crippen molar-refractivity contribution >= 4 is 23.5 Å². The van der Waals surface area contributed by atoms with Crippen LogP contribution in [0.1, 0.15) is 16.0 Å². The van der Waals surface area contributed by atoms with E-state index in [1.54, 1.807) is 12.1 Å². The molecule has 2 heterocycles. The highest BCUT2D eigenvalue weighted by atomic mass is 32.2. The minimum atomic E-state index is -0.282. The predicted molar refractivity (Wildman–Crippen MR) is 103 cm³/mol. The van der Waals surface area contributed by atoms with Gasteiger partial charge in [0.2, 0.25) is 11.7 Å². The van der Waals surface area contributed by atoms with Gasteiger partial charge in [-0.1, -0.05) is 29.4 Å². The van der Waals surface area contributed by atoms with Gasteiger partial charge in [0.05, 0.1) is 17.6 Å². The van der Waals surface area contributed by atoms with Crippen LogP contribution in [0.15, 0.2) is 53.1 Å². The second kappa shape index (κ2) is 8.14. The summed E-state index contributed by atoms with van der Waals surface area (Å²) in [5, 5.41) is 4.05. The van der Waals surface area contributed by atoms with Crippen LogP contribution in [-0.2, 0) is 6.42 Å². The third-order valence-electron chi connectivity index (χ3n) is 3.93. The summed E-state index contributed by atoms with van der Waals surface area (Å²) in [6.45, 7) is 0.391. The van der Waals surface area contributed by atoms with Gasteiger partial charge in [0.25, 0.3) is 0 Å². The van der Waals surface area contributed by atoms with Gasteiger partial charge >= 0.3 is 0 Å². The highest BCUT2D eigenvalue weighted by Gasteiger charge is 2.18. The highest BCUT2D eigenvalue weighted by Crippen LogP contribution is 2.45. The Morgan fingerprint density at radius 2 is 1.77 bits per heavy atom. The van der Waals surface area contributed by atoms with Gasteiger partial charge in [-0.25, -0.2) is 4.39 Å². The zero-order valence-corrected chi connectivity index (χ0v) is 15.6. The van der Waals surface area contributed by atoms with Crippen LogP contribution >= 0.6 is 23.5 Å². The van der Waals surface area contributed by atoms with E-state index in [1.165, 1.54) is 29.2 Å². The van der Waals surface area contributed by atoms with Crippen LogP contribution in [0.5, 0.6) is 5.75 Å².